The molecule has 0 radical (unpaired) electrons. The van der Waals surface area contributed by atoms with Crippen LogP contribution in [0.3, 0.4) is 0 Å². The molecule has 0 aliphatic rings. The lowest BCUT2D eigenvalue weighted by molar-refractivity contribution is -0.0598. The van der Waals surface area contributed by atoms with Crippen LogP contribution >= 0.6 is 11.6 Å². The summed E-state index contributed by atoms with van der Waals surface area (Å²) in [7, 11) is 2.87. The molecule has 1 atom stereocenters. The number of halogens is 1. The van der Waals surface area contributed by atoms with Crippen molar-refractivity contribution in [2.45, 2.75) is 12.8 Å². The molecule has 0 aliphatic heterocycles. The van der Waals surface area contributed by atoms with Gasteiger partial charge < -0.3 is 5.32 Å². The molecule has 1 rings (SSSR count). The Morgan fingerprint density at radius 2 is 2.28 bits per heavy atom. The van der Waals surface area contributed by atoms with Crippen LogP contribution in [0.2, 0.25) is 5.02 Å². The molecule has 1 aromatic rings. The average molecular weight is 268 g/mol. The van der Waals surface area contributed by atoms with Crippen molar-refractivity contribution in [2.75, 3.05) is 19.5 Å². The van der Waals surface area contributed by atoms with E-state index in [-0.39, 0.29) is 5.92 Å². The summed E-state index contributed by atoms with van der Waals surface area (Å²) in [6, 6.07) is 6.77. The molecule has 1 unspecified atom stereocenters. The van der Waals surface area contributed by atoms with Crippen LogP contribution in [0.25, 0.3) is 0 Å². The first-order chi connectivity index (χ1) is 8.49. The number of rotatable bonds is 3. The number of carbonyl (C=O) groups excluding carboxylic acids is 1. The summed E-state index contributed by atoms with van der Waals surface area (Å²) in [6.45, 7) is 1.78. The summed E-state index contributed by atoms with van der Waals surface area (Å²) >= 11 is 6.04. The number of hydroxylamine groups is 2. The maximum atomic E-state index is 11.5. The molecule has 96 valence electrons. The maximum Gasteiger partial charge on any atom is 0.345 e. The molecule has 0 saturated heterocycles. The van der Waals surface area contributed by atoms with Crippen LogP contribution in [0.15, 0.2) is 18.2 Å². The van der Waals surface area contributed by atoms with Crippen LogP contribution in [0.1, 0.15) is 18.4 Å². The summed E-state index contributed by atoms with van der Waals surface area (Å²) < 4.78 is 0. The number of anilines is 1. The zero-order chi connectivity index (χ0) is 13.7. The van der Waals surface area contributed by atoms with Crippen LogP contribution in [0.4, 0.5) is 10.5 Å². The van der Waals surface area contributed by atoms with Crippen LogP contribution in [-0.4, -0.2) is 25.3 Å². The van der Waals surface area contributed by atoms with Gasteiger partial charge in [0.1, 0.15) is 0 Å². The molecule has 0 fully saturated rings. The van der Waals surface area contributed by atoms with Gasteiger partial charge >= 0.3 is 6.03 Å². The minimum atomic E-state index is -0.430. The van der Waals surface area contributed by atoms with Gasteiger partial charge in [-0.3, -0.25) is 4.84 Å². The standard InChI is InChI=1S/C12H14ClN3O2/c1-8(7-14)9-4-5-11(10(13)6-9)15-12(17)16(2)18-3/h4-6,8H,1-3H3,(H,15,17). The fraction of sp³-hybridized carbons (Fsp3) is 0.333. The molecule has 6 heteroatoms. The van der Waals surface area contributed by atoms with Gasteiger partial charge in [0.2, 0.25) is 0 Å². The number of benzene rings is 1. The van der Waals surface area contributed by atoms with Gasteiger partial charge in [-0.2, -0.15) is 5.26 Å². The van der Waals surface area contributed by atoms with Gasteiger partial charge in [0.15, 0.2) is 0 Å². The second-order valence-corrected chi connectivity index (χ2v) is 4.11. The number of nitriles is 1. The minimum absolute atomic E-state index is 0.242. The molecule has 0 spiro atoms. The van der Waals surface area contributed by atoms with Crippen molar-refractivity contribution in [3.63, 3.8) is 0 Å². The number of nitrogens with one attached hydrogen (secondary N) is 1. The molecule has 2 amide bonds. The molecule has 1 aromatic carbocycles. The molecule has 0 aromatic heterocycles. The highest BCUT2D eigenvalue weighted by Gasteiger charge is 2.12. The van der Waals surface area contributed by atoms with Gasteiger partial charge in [-0.25, -0.2) is 9.86 Å². The van der Waals surface area contributed by atoms with Gasteiger partial charge in [-0.05, 0) is 24.6 Å². The van der Waals surface area contributed by atoms with E-state index in [4.69, 9.17) is 21.7 Å². The summed E-state index contributed by atoms with van der Waals surface area (Å²) in [5, 5.41) is 12.8. The topological polar surface area (TPSA) is 65.4 Å². The zero-order valence-corrected chi connectivity index (χ0v) is 11.2. The summed E-state index contributed by atoms with van der Waals surface area (Å²) in [5.74, 6) is -0.242. The van der Waals surface area contributed by atoms with Gasteiger partial charge in [0, 0.05) is 7.05 Å². The zero-order valence-electron chi connectivity index (χ0n) is 10.4. The van der Waals surface area contributed by atoms with E-state index >= 15 is 0 Å². The summed E-state index contributed by atoms with van der Waals surface area (Å²) in [6.07, 6.45) is 0. The second-order valence-electron chi connectivity index (χ2n) is 3.70. The van der Waals surface area contributed by atoms with Crippen LogP contribution in [-0.2, 0) is 4.84 Å². The van der Waals surface area contributed by atoms with E-state index in [2.05, 4.69) is 11.4 Å². The van der Waals surface area contributed by atoms with Crippen LogP contribution < -0.4 is 5.32 Å². The lowest BCUT2D eigenvalue weighted by Crippen LogP contribution is -2.30. The Labute approximate surface area is 111 Å². The van der Waals surface area contributed by atoms with E-state index < -0.39 is 6.03 Å². The molecule has 0 bridgehead atoms. The first kappa shape index (κ1) is 14.3. The van der Waals surface area contributed by atoms with Crippen LogP contribution in [0.5, 0.6) is 0 Å². The normalized spacial score (nSPS) is 11.5. The van der Waals surface area contributed by atoms with E-state index in [1.165, 1.54) is 14.2 Å². The highest BCUT2D eigenvalue weighted by Crippen LogP contribution is 2.26. The molecule has 18 heavy (non-hydrogen) atoms. The Kier molecular flexibility index (Phi) is 4.95. The Balaban J connectivity index is 2.87. The lowest BCUT2D eigenvalue weighted by Gasteiger charge is -2.15. The predicted octanol–water partition coefficient (Wildman–Crippen LogP) is 2.99. The summed E-state index contributed by atoms with van der Waals surface area (Å²) in [4.78, 5) is 16.3. The Bertz CT molecular complexity index is 485. The van der Waals surface area contributed by atoms with E-state index in [1.54, 1.807) is 25.1 Å². The van der Waals surface area contributed by atoms with Crippen molar-refractivity contribution in [3.8, 4) is 6.07 Å². The van der Waals surface area contributed by atoms with Crippen molar-refractivity contribution in [1.29, 1.82) is 5.26 Å². The smallest absolute Gasteiger partial charge is 0.305 e. The Morgan fingerprint density at radius 1 is 1.61 bits per heavy atom. The minimum Gasteiger partial charge on any atom is -0.305 e. The molecule has 5 nitrogen and oxygen atoms in total. The number of amides is 2. The number of carbonyl (C=O) groups is 1. The molecule has 1 N–H and O–H groups in total. The second kappa shape index (κ2) is 6.24. The van der Waals surface area contributed by atoms with E-state index in [0.717, 1.165) is 10.6 Å². The van der Waals surface area contributed by atoms with Gasteiger partial charge in [-0.1, -0.05) is 17.7 Å². The third-order valence-corrected chi connectivity index (χ3v) is 2.80. The number of urea groups is 1. The van der Waals surface area contributed by atoms with Crippen molar-refractivity contribution in [2.24, 2.45) is 0 Å². The highest BCUT2D eigenvalue weighted by molar-refractivity contribution is 6.33. The third kappa shape index (κ3) is 3.36. The number of hydrogen-bond acceptors (Lipinski definition) is 3. The number of hydrogen-bond donors (Lipinski definition) is 1. The Hall–Kier alpha value is -1.77. The van der Waals surface area contributed by atoms with Crippen molar-refractivity contribution < 1.29 is 9.63 Å². The van der Waals surface area contributed by atoms with Crippen molar-refractivity contribution >= 4 is 23.3 Å². The molecular formula is C12H14ClN3O2. The molecular weight excluding hydrogens is 254 g/mol. The van der Waals surface area contributed by atoms with Crippen molar-refractivity contribution in [1.82, 2.24) is 5.06 Å². The monoisotopic (exact) mass is 267 g/mol. The first-order valence-electron chi connectivity index (χ1n) is 5.27. The SMILES string of the molecule is CON(C)C(=O)Nc1ccc(C(C)C#N)cc1Cl. The molecule has 0 saturated carbocycles. The largest absolute Gasteiger partial charge is 0.345 e. The molecule has 0 heterocycles. The number of nitrogens with zero attached hydrogens (tertiary/aromatic N) is 2. The van der Waals surface area contributed by atoms with Gasteiger partial charge in [-0.15, -0.1) is 0 Å². The quantitative estimate of drug-likeness (QED) is 0.856. The first-order valence-corrected chi connectivity index (χ1v) is 5.65. The van der Waals surface area contributed by atoms with Gasteiger partial charge in [0.25, 0.3) is 0 Å². The average Bonchev–Trinajstić information content (AvgIpc) is 2.38. The van der Waals surface area contributed by atoms with E-state index in [0.29, 0.717) is 10.7 Å². The fourth-order valence-electron chi connectivity index (χ4n) is 1.25. The summed E-state index contributed by atoms with van der Waals surface area (Å²) in [5.41, 5.74) is 1.28. The fourth-order valence-corrected chi connectivity index (χ4v) is 1.49. The van der Waals surface area contributed by atoms with E-state index in [9.17, 15) is 4.79 Å². The van der Waals surface area contributed by atoms with Gasteiger partial charge in [0.05, 0.1) is 29.8 Å². The van der Waals surface area contributed by atoms with Crippen LogP contribution in [0, 0.1) is 11.3 Å². The molecule has 0 aliphatic carbocycles. The Morgan fingerprint density at radius 3 is 2.78 bits per heavy atom. The highest BCUT2D eigenvalue weighted by atomic mass is 35.5. The predicted molar refractivity (Wildman–Crippen MR) is 69.3 cm³/mol. The third-order valence-electron chi connectivity index (χ3n) is 2.49. The van der Waals surface area contributed by atoms with Crippen molar-refractivity contribution in [3.05, 3.63) is 28.8 Å². The lowest BCUT2D eigenvalue weighted by atomic mass is 10.0. The maximum absolute atomic E-state index is 11.5. The van der Waals surface area contributed by atoms with E-state index in [1.807, 2.05) is 0 Å².